The number of carbonyl (C=O) groups is 1. The fraction of sp³-hybridized carbons (Fsp3) is 0.353. The van der Waals surface area contributed by atoms with Crippen molar-refractivity contribution in [2.24, 2.45) is 0 Å². The van der Waals surface area contributed by atoms with E-state index in [4.69, 9.17) is 0 Å². The molecule has 1 aliphatic carbocycles. The number of nitrogens with one attached hydrogen (secondary N) is 1. The topological polar surface area (TPSA) is 32.3 Å². The lowest BCUT2D eigenvalue weighted by Crippen LogP contribution is -2.42. The van der Waals surface area contributed by atoms with E-state index in [1.165, 1.54) is 11.1 Å². The smallest absolute Gasteiger partial charge is 0.318 e. The summed E-state index contributed by atoms with van der Waals surface area (Å²) in [6.45, 7) is 8.45. The molecule has 1 N–H and O–H groups in total. The van der Waals surface area contributed by atoms with Crippen LogP contribution in [0, 0.1) is 0 Å². The molecule has 2 amide bonds. The van der Waals surface area contributed by atoms with Gasteiger partial charge in [0.05, 0.1) is 6.04 Å². The SMILES string of the molecule is C=CCN(CC=C)C(=O)NC1CCCc2ccccc21. The minimum Gasteiger partial charge on any atom is -0.331 e. The van der Waals surface area contributed by atoms with Gasteiger partial charge in [0.25, 0.3) is 0 Å². The van der Waals surface area contributed by atoms with Crippen LogP contribution in [0.3, 0.4) is 0 Å². The highest BCUT2D eigenvalue weighted by Gasteiger charge is 2.22. The Morgan fingerprint density at radius 1 is 1.30 bits per heavy atom. The Bertz CT molecular complexity index is 486. The quantitative estimate of drug-likeness (QED) is 0.817. The first-order valence-corrected chi connectivity index (χ1v) is 7.11. The zero-order valence-electron chi connectivity index (χ0n) is 11.8. The van der Waals surface area contributed by atoms with Crippen molar-refractivity contribution >= 4 is 6.03 Å². The second-order valence-electron chi connectivity index (χ2n) is 5.08. The first-order valence-electron chi connectivity index (χ1n) is 7.11. The van der Waals surface area contributed by atoms with E-state index in [9.17, 15) is 4.79 Å². The molecule has 0 bridgehead atoms. The zero-order valence-corrected chi connectivity index (χ0v) is 11.8. The molecule has 0 aliphatic heterocycles. The molecule has 0 heterocycles. The van der Waals surface area contributed by atoms with Gasteiger partial charge in [-0.25, -0.2) is 4.79 Å². The van der Waals surface area contributed by atoms with Crippen LogP contribution in [-0.4, -0.2) is 24.0 Å². The van der Waals surface area contributed by atoms with Crippen LogP contribution in [0.4, 0.5) is 4.79 Å². The first-order chi connectivity index (χ1) is 9.76. The maximum absolute atomic E-state index is 12.3. The van der Waals surface area contributed by atoms with Gasteiger partial charge in [-0.05, 0) is 30.4 Å². The summed E-state index contributed by atoms with van der Waals surface area (Å²) in [6, 6.07) is 8.43. The summed E-state index contributed by atoms with van der Waals surface area (Å²) in [6.07, 6.45) is 6.69. The van der Waals surface area contributed by atoms with E-state index >= 15 is 0 Å². The van der Waals surface area contributed by atoms with Crippen LogP contribution >= 0.6 is 0 Å². The summed E-state index contributed by atoms with van der Waals surface area (Å²) >= 11 is 0. The van der Waals surface area contributed by atoms with Gasteiger partial charge in [0.15, 0.2) is 0 Å². The zero-order chi connectivity index (χ0) is 14.4. The highest BCUT2D eigenvalue weighted by atomic mass is 16.2. The van der Waals surface area contributed by atoms with Gasteiger partial charge < -0.3 is 10.2 Å². The van der Waals surface area contributed by atoms with E-state index in [2.05, 4.69) is 36.7 Å². The number of nitrogens with zero attached hydrogens (tertiary/aromatic N) is 1. The molecule has 0 spiro atoms. The molecule has 0 aromatic heterocycles. The minimum absolute atomic E-state index is 0.0495. The number of amides is 2. The van der Waals surface area contributed by atoms with Crippen LogP contribution in [0.25, 0.3) is 0 Å². The van der Waals surface area contributed by atoms with Crippen molar-refractivity contribution < 1.29 is 4.79 Å². The third kappa shape index (κ3) is 3.29. The number of hydrogen-bond acceptors (Lipinski definition) is 1. The lowest BCUT2D eigenvalue weighted by molar-refractivity contribution is 0.202. The van der Waals surface area contributed by atoms with Gasteiger partial charge in [0.2, 0.25) is 0 Å². The molecular weight excluding hydrogens is 248 g/mol. The van der Waals surface area contributed by atoms with Gasteiger partial charge in [0, 0.05) is 13.1 Å². The molecule has 0 fully saturated rings. The molecule has 0 saturated heterocycles. The predicted molar refractivity (Wildman–Crippen MR) is 82.6 cm³/mol. The second-order valence-corrected chi connectivity index (χ2v) is 5.08. The molecule has 0 radical (unpaired) electrons. The highest BCUT2D eigenvalue weighted by Crippen LogP contribution is 2.29. The molecule has 20 heavy (non-hydrogen) atoms. The van der Waals surface area contributed by atoms with Crippen LogP contribution in [0.15, 0.2) is 49.6 Å². The van der Waals surface area contributed by atoms with Crippen molar-refractivity contribution in [1.29, 1.82) is 0 Å². The number of carbonyl (C=O) groups excluding carboxylic acids is 1. The Kier molecular flexibility index (Phi) is 4.99. The second kappa shape index (κ2) is 6.94. The van der Waals surface area contributed by atoms with E-state index in [0.717, 1.165) is 19.3 Å². The monoisotopic (exact) mass is 270 g/mol. The first kappa shape index (κ1) is 14.4. The third-order valence-electron chi connectivity index (χ3n) is 3.65. The largest absolute Gasteiger partial charge is 0.331 e. The van der Waals surface area contributed by atoms with Gasteiger partial charge in [-0.15, -0.1) is 13.2 Å². The molecule has 3 heteroatoms. The standard InChI is InChI=1S/C17H22N2O/c1-3-12-19(13-4-2)17(20)18-16-11-7-9-14-8-5-6-10-15(14)16/h3-6,8,10,16H,1-2,7,9,11-13H2,(H,18,20). The average Bonchev–Trinajstić information content (AvgIpc) is 2.47. The lowest BCUT2D eigenvalue weighted by Gasteiger charge is -2.29. The average molecular weight is 270 g/mol. The molecule has 1 aromatic rings. The number of urea groups is 1. The number of hydrogen-bond donors (Lipinski definition) is 1. The van der Waals surface area contributed by atoms with E-state index in [0.29, 0.717) is 13.1 Å². The Balaban J connectivity index is 2.08. The Morgan fingerprint density at radius 2 is 2.00 bits per heavy atom. The summed E-state index contributed by atoms with van der Waals surface area (Å²) in [5, 5.41) is 3.14. The fourth-order valence-electron chi connectivity index (χ4n) is 2.70. The number of rotatable bonds is 5. The van der Waals surface area contributed by atoms with Crippen molar-refractivity contribution in [3.8, 4) is 0 Å². The van der Waals surface area contributed by atoms with E-state index < -0.39 is 0 Å². The van der Waals surface area contributed by atoms with Crippen LogP contribution in [0.2, 0.25) is 0 Å². The maximum atomic E-state index is 12.3. The van der Waals surface area contributed by atoms with Crippen LogP contribution in [-0.2, 0) is 6.42 Å². The molecule has 1 atom stereocenters. The van der Waals surface area contributed by atoms with E-state index in [1.54, 1.807) is 17.1 Å². The van der Waals surface area contributed by atoms with Crippen molar-refractivity contribution in [3.63, 3.8) is 0 Å². The van der Waals surface area contributed by atoms with Gasteiger partial charge in [0.1, 0.15) is 0 Å². The van der Waals surface area contributed by atoms with Crippen LogP contribution < -0.4 is 5.32 Å². The van der Waals surface area contributed by atoms with Crippen molar-refractivity contribution in [3.05, 3.63) is 60.7 Å². The summed E-state index contributed by atoms with van der Waals surface area (Å²) in [7, 11) is 0. The normalized spacial score (nSPS) is 16.9. The van der Waals surface area contributed by atoms with E-state index in [1.807, 2.05) is 6.07 Å². The lowest BCUT2D eigenvalue weighted by atomic mass is 9.88. The Morgan fingerprint density at radius 3 is 2.70 bits per heavy atom. The van der Waals surface area contributed by atoms with Crippen molar-refractivity contribution in [2.45, 2.75) is 25.3 Å². The summed E-state index contributed by atoms with van der Waals surface area (Å²) in [5.74, 6) is 0. The number of benzene rings is 1. The minimum atomic E-state index is -0.0495. The highest BCUT2D eigenvalue weighted by molar-refractivity contribution is 5.75. The summed E-state index contributed by atoms with van der Waals surface area (Å²) in [4.78, 5) is 14.0. The maximum Gasteiger partial charge on any atom is 0.318 e. The predicted octanol–water partition coefficient (Wildman–Crippen LogP) is 3.45. The molecule has 2 rings (SSSR count). The van der Waals surface area contributed by atoms with Crippen LogP contribution in [0.1, 0.15) is 30.0 Å². The van der Waals surface area contributed by atoms with Gasteiger partial charge in [-0.2, -0.15) is 0 Å². The number of aryl methyl sites for hydroxylation is 1. The van der Waals surface area contributed by atoms with E-state index in [-0.39, 0.29) is 12.1 Å². The molecule has 0 saturated carbocycles. The molecule has 1 aliphatic rings. The van der Waals surface area contributed by atoms with Crippen molar-refractivity contribution in [2.75, 3.05) is 13.1 Å². The molecule has 1 unspecified atom stereocenters. The fourth-order valence-corrected chi connectivity index (χ4v) is 2.70. The summed E-state index contributed by atoms with van der Waals surface area (Å²) in [5.41, 5.74) is 2.60. The third-order valence-corrected chi connectivity index (χ3v) is 3.65. The molecular formula is C17H22N2O. The Labute approximate surface area is 121 Å². The Hall–Kier alpha value is -2.03. The van der Waals surface area contributed by atoms with Gasteiger partial charge >= 0.3 is 6.03 Å². The molecule has 106 valence electrons. The van der Waals surface area contributed by atoms with Crippen LogP contribution in [0.5, 0.6) is 0 Å². The molecule has 3 nitrogen and oxygen atoms in total. The summed E-state index contributed by atoms with van der Waals surface area (Å²) < 4.78 is 0. The van der Waals surface area contributed by atoms with Gasteiger partial charge in [-0.1, -0.05) is 36.4 Å². The number of fused-ring (bicyclic) bond motifs is 1. The molecule has 1 aromatic carbocycles. The van der Waals surface area contributed by atoms with Crippen molar-refractivity contribution in [1.82, 2.24) is 10.2 Å². The van der Waals surface area contributed by atoms with Gasteiger partial charge in [-0.3, -0.25) is 0 Å².